The molecule has 0 spiro atoms. The van der Waals surface area contributed by atoms with Gasteiger partial charge in [-0.2, -0.15) is 0 Å². The van der Waals surface area contributed by atoms with Crippen LogP contribution in [0.15, 0.2) is 0 Å². The summed E-state index contributed by atoms with van der Waals surface area (Å²) in [4.78, 5) is 47.0. The molecule has 2 amide bonds. The molecule has 0 bridgehead atoms. The van der Waals surface area contributed by atoms with E-state index in [0.29, 0.717) is 25.7 Å². The van der Waals surface area contributed by atoms with Crippen molar-refractivity contribution in [3.8, 4) is 0 Å². The summed E-state index contributed by atoms with van der Waals surface area (Å²) >= 11 is 0. The fraction of sp³-hybridized carbons (Fsp3) is 0.778. The number of carbonyl (C=O) groups is 4. The lowest BCUT2D eigenvalue weighted by molar-refractivity contribution is -0.149. The Morgan fingerprint density at radius 1 is 0.615 bits per heavy atom. The van der Waals surface area contributed by atoms with Gasteiger partial charge in [-0.05, 0) is 25.7 Å². The highest BCUT2D eigenvalue weighted by molar-refractivity contribution is 5.86. The van der Waals surface area contributed by atoms with E-state index in [-0.39, 0.29) is 24.9 Å². The molecule has 2 fully saturated rings. The Hall–Kier alpha value is -2.12. The summed E-state index contributed by atoms with van der Waals surface area (Å²) in [5.74, 6) is -4.77. The largest absolute Gasteiger partial charge is 0.481 e. The number of hydrogen-bond donors (Lipinski definition) is 4. The van der Waals surface area contributed by atoms with Crippen molar-refractivity contribution < 1.29 is 29.4 Å². The minimum Gasteiger partial charge on any atom is -0.481 e. The van der Waals surface area contributed by atoms with Crippen LogP contribution >= 0.6 is 0 Å². The normalized spacial score (nSPS) is 28.8. The lowest BCUT2D eigenvalue weighted by atomic mass is 9.78. The van der Waals surface area contributed by atoms with Gasteiger partial charge in [0.1, 0.15) is 0 Å². The molecular weight excluding hydrogens is 340 g/mol. The summed E-state index contributed by atoms with van der Waals surface area (Å²) in [6, 6.07) is 0. The van der Waals surface area contributed by atoms with Gasteiger partial charge in [-0.3, -0.25) is 19.2 Å². The molecule has 0 heterocycles. The third-order valence-corrected chi connectivity index (χ3v) is 5.56. The second-order valence-electron chi connectivity index (χ2n) is 7.25. The number of aliphatic carboxylic acids is 2. The molecule has 0 radical (unpaired) electrons. The molecule has 4 atom stereocenters. The van der Waals surface area contributed by atoms with E-state index in [0.717, 1.165) is 25.7 Å². The van der Waals surface area contributed by atoms with Crippen molar-refractivity contribution >= 4 is 23.8 Å². The standard InChI is InChI=1S/C18H28N2O6/c21-15(11-5-1-3-7-13(11)17(23)24)19-9-10-20-16(22)12-6-2-4-8-14(12)18(25)26/h11-14H,1-10H2,(H,19,21)(H,20,22)(H,23,24)(H,25,26)/t11-,12+,13+,14-. The predicted molar refractivity (Wildman–Crippen MR) is 92.2 cm³/mol. The molecule has 8 nitrogen and oxygen atoms in total. The van der Waals surface area contributed by atoms with Crippen molar-refractivity contribution in [3.63, 3.8) is 0 Å². The smallest absolute Gasteiger partial charge is 0.307 e. The molecule has 2 saturated carbocycles. The minimum atomic E-state index is -0.935. The first-order valence-corrected chi connectivity index (χ1v) is 9.43. The van der Waals surface area contributed by atoms with Gasteiger partial charge in [0.05, 0.1) is 23.7 Å². The summed E-state index contributed by atoms with van der Waals surface area (Å²) in [6.07, 6.45) is 5.50. The summed E-state index contributed by atoms with van der Waals surface area (Å²) in [7, 11) is 0. The number of amides is 2. The highest BCUT2D eigenvalue weighted by Gasteiger charge is 2.36. The number of carboxylic acid groups (broad SMARTS) is 2. The molecule has 0 unspecified atom stereocenters. The van der Waals surface area contributed by atoms with Crippen LogP contribution in [0.25, 0.3) is 0 Å². The van der Waals surface area contributed by atoms with Gasteiger partial charge in [-0.25, -0.2) is 0 Å². The fourth-order valence-corrected chi connectivity index (χ4v) is 4.11. The molecular formula is C18H28N2O6. The molecule has 4 N–H and O–H groups in total. The van der Waals surface area contributed by atoms with Crippen molar-refractivity contribution in [2.24, 2.45) is 23.7 Å². The lowest BCUT2D eigenvalue weighted by Gasteiger charge is -2.28. The van der Waals surface area contributed by atoms with Crippen molar-refractivity contribution in [2.45, 2.75) is 51.4 Å². The van der Waals surface area contributed by atoms with E-state index in [1.54, 1.807) is 0 Å². The zero-order valence-electron chi connectivity index (χ0n) is 14.9. The first-order chi connectivity index (χ1) is 12.4. The van der Waals surface area contributed by atoms with Gasteiger partial charge >= 0.3 is 11.9 Å². The third kappa shape index (κ3) is 5.19. The molecule has 2 aliphatic carbocycles. The fourth-order valence-electron chi connectivity index (χ4n) is 4.11. The van der Waals surface area contributed by atoms with Crippen molar-refractivity contribution in [2.75, 3.05) is 13.1 Å². The number of hydrogen-bond acceptors (Lipinski definition) is 4. The number of carboxylic acids is 2. The van der Waals surface area contributed by atoms with Crippen LogP contribution in [0.2, 0.25) is 0 Å². The van der Waals surface area contributed by atoms with E-state index in [4.69, 9.17) is 0 Å². The third-order valence-electron chi connectivity index (χ3n) is 5.56. The molecule has 0 aromatic rings. The van der Waals surface area contributed by atoms with Gasteiger partial charge in [-0.15, -0.1) is 0 Å². The lowest BCUT2D eigenvalue weighted by Crippen LogP contribution is -2.44. The second kappa shape index (κ2) is 9.54. The van der Waals surface area contributed by atoms with Gasteiger partial charge in [0.25, 0.3) is 0 Å². The Bertz CT molecular complexity index is 502. The molecule has 2 rings (SSSR count). The van der Waals surface area contributed by atoms with Crippen LogP contribution in [0.1, 0.15) is 51.4 Å². The van der Waals surface area contributed by atoms with E-state index in [9.17, 15) is 29.4 Å². The Balaban J connectivity index is 1.75. The predicted octanol–water partition coefficient (Wildman–Crippen LogP) is 1.00. The van der Waals surface area contributed by atoms with E-state index >= 15 is 0 Å². The molecule has 0 aromatic carbocycles. The van der Waals surface area contributed by atoms with Crippen molar-refractivity contribution in [1.29, 1.82) is 0 Å². The SMILES string of the molecule is O=C(O)[C@H]1CCCC[C@H]1C(=O)NCCNC(=O)[C@H]1CCCC[C@H]1C(=O)O. The monoisotopic (exact) mass is 368 g/mol. The topological polar surface area (TPSA) is 133 Å². The molecule has 8 heteroatoms. The minimum absolute atomic E-state index is 0.206. The number of rotatable bonds is 7. The van der Waals surface area contributed by atoms with Gasteiger partial charge in [0.15, 0.2) is 0 Å². The van der Waals surface area contributed by atoms with Gasteiger partial charge < -0.3 is 20.8 Å². The number of nitrogens with one attached hydrogen (secondary N) is 2. The van der Waals surface area contributed by atoms with Crippen LogP contribution in [-0.4, -0.2) is 47.1 Å². The first-order valence-electron chi connectivity index (χ1n) is 9.43. The Morgan fingerprint density at radius 3 is 1.23 bits per heavy atom. The van der Waals surface area contributed by atoms with E-state index in [1.807, 2.05) is 0 Å². The first kappa shape index (κ1) is 20.2. The highest BCUT2D eigenvalue weighted by atomic mass is 16.4. The van der Waals surface area contributed by atoms with Crippen molar-refractivity contribution in [1.82, 2.24) is 10.6 Å². The quantitative estimate of drug-likeness (QED) is 0.496. The van der Waals surface area contributed by atoms with Crippen LogP contribution in [0.3, 0.4) is 0 Å². The molecule has 0 aromatic heterocycles. The zero-order chi connectivity index (χ0) is 19.1. The summed E-state index contributed by atoms with van der Waals surface area (Å²) in [5, 5.41) is 23.9. The molecule has 2 aliphatic rings. The van der Waals surface area contributed by atoms with Gasteiger partial charge in [0, 0.05) is 13.1 Å². The van der Waals surface area contributed by atoms with Gasteiger partial charge in [0.2, 0.25) is 11.8 Å². The van der Waals surface area contributed by atoms with Crippen LogP contribution in [0.4, 0.5) is 0 Å². The Labute approximate surface area is 152 Å². The van der Waals surface area contributed by atoms with E-state index in [1.165, 1.54) is 0 Å². The van der Waals surface area contributed by atoms with Crippen LogP contribution in [0, 0.1) is 23.7 Å². The molecule has 0 saturated heterocycles. The second-order valence-corrected chi connectivity index (χ2v) is 7.25. The number of carbonyl (C=O) groups excluding carboxylic acids is 2. The van der Waals surface area contributed by atoms with E-state index < -0.39 is 35.6 Å². The van der Waals surface area contributed by atoms with Crippen molar-refractivity contribution in [3.05, 3.63) is 0 Å². The average Bonchev–Trinajstić information content (AvgIpc) is 2.64. The Morgan fingerprint density at radius 2 is 0.923 bits per heavy atom. The molecule has 26 heavy (non-hydrogen) atoms. The maximum Gasteiger partial charge on any atom is 0.307 e. The van der Waals surface area contributed by atoms with Crippen LogP contribution < -0.4 is 10.6 Å². The summed E-state index contributed by atoms with van der Waals surface area (Å²) in [6.45, 7) is 0.412. The summed E-state index contributed by atoms with van der Waals surface area (Å²) < 4.78 is 0. The maximum absolute atomic E-state index is 12.2. The van der Waals surface area contributed by atoms with Gasteiger partial charge in [-0.1, -0.05) is 25.7 Å². The van der Waals surface area contributed by atoms with E-state index in [2.05, 4.69) is 10.6 Å². The zero-order valence-corrected chi connectivity index (χ0v) is 14.9. The molecule has 146 valence electrons. The maximum atomic E-state index is 12.2. The average molecular weight is 368 g/mol. The highest BCUT2D eigenvalue weighted by Crippen LogP contribution is 2.31. The van der Waals surface area contributed by atoms with Crippen LogP contribution in [0.5, 0.6) is 0 Å². The summed E-state index contributed by atoms with van der Waals surface area (Å²) in [5.41, 5.74) is 0. The molecule has 0 aliphatic heterocycles. The van der Waals surface area contributed by atoms with Crippen LogP contribution in [-0.2, 0) is 19.2 Å². The Kier molecular flexibility index (Phi) is 7.41.